The van der Waals surface area contributed by atoms with Gasteiger partial charge in [0.1, 0.15) is 19.8 Å². The Kier molecular flexibility index (Phi) is 35.6. The number of carbonyl (C=O) groups excluding carboxylic acids is 2. The Hall–Kier alpha value is -1.77. The summed E-state index contributed by atoms with van der Waals surface area (Å²) >= 11 is 0. The predicted molar refractivity (Wildman–Crippen MR) is 224 cm³/mol. The summed E-state index contributed by atoms with van der Waals surface area (Å²) in [7, 11) is 1.42. The lowest BCUT2D eigenvalue weighted by Gasteiger charge is -2.24. The maximum absolute atomic E-state index is 12.6. The zero-order valence-electron chi connectivity index (χ0n) is 35.5. The first-order valence-corrected chi connectivity index (χ1v) is 23.3. The lowest BCUT2D eigenvalue weighted by atomic mass is 10.1. The number of esters is 2. The average molecular weight is 785 g/mol. The van der Waals surface area contributed by atoms with Gasteiger partial charge in [-0.25, -0.2) is 9.36 Å². The zero-order valence-corrected chi connectivity index (χ0v) is 36.3. The average Bonchev–Trinajstić information content (AvgIpc) is 3.12. The molecule has 0 aromatic carbocycles. The van der Waals surface area contributed by atoms with Crippen LogP contribution in [0.3, 0.4) is 0 Å². The molecular formula is C44H83NO8P+. The Labute approximate surface area is 331 Å². The molecule has 9 nitrogen and oxygen atoms in total. The second-order valence-electron chi connectivity index (χ2n) is 15.8. The standard InChI is InChI=1S/C44H82NO8P/c1-6-8-10-12-14-16-18-20-22-24-26-28-30-32-34-36-43(46)50-40-42(41-52-54(48,49)51-39-38-45(3,4)5)53-44(47)37-35-33-31-29-27-25-23-21-19-17-15-13-11-9-7-2/h25,27,30,32,34,36,42H,6-24,26,28-29,31,33,35,37-41H2,1-5H3/p+1/b27-25+,32-30+,36-34+/t42-/m1/s1. The van der Waals surface area contributed by atoms with Crippen molar-refractivity contribution in [3.05, 3.63) is 36.5 Å². The second-order valence-corrected chi connectivity index (χ2v) is 17.3. The molecule has 0 heterocycles. The molecule has 54 heavy (non-hydrogen) atoms. The molecule has 316 valence electrons. The Morgan fingerprint density at radius 1 is 0.611 bits per heavy atom. The van der Waals surface area contributed by atoms with Crippen molar-refractivity contribution >= 4 is 19.8 Å². The number of phosphoric acid groups is 1. The number of quaternary nitrogens is 1. The van der Waals surface area contributed by atoms with E-state index in [9.17, 15) is 19.0 Å². The number of likely N-dealkylation sites (N-methyl/N-ethyl adjacent to an activating group) is 1. The van der Waals surface area contributed by atoms with E-state index in [4.69, 9.17) is 18.5 Å². The molecule has 2 atom stereocenters. The van der Waals surface area contributed by atoms with Crippen molar-refractivity contribution in [2.75, 3.05) is 47.5 Å². The van der Waals surface area contributed by atoms with Gasteiger partial charge in [0.2, 0.25) is 0 Å². The monoisotopic (exact) mass is 785 g/mol. The van der Waals surface area contributed by atoms with Crippen LogP contribution in [-0.4, -0.2) is 74.9 Å². The van der Waals surface area contributed by atoms with Gasteiger partial charge in [0.15, 0.2) is 6.10 Å². The topological polar surface area (TPSA) is 108 Å². The van der Waals surface area contributed by atoms with Crippen molar-refractivity contribution in [3.63, 3.8) is 0 Å². The summed E-state index contributed by atoms with van der Waals surface area (Å²) in [6.45, 7) is 4.27. The number of ether oxygens (including phenoxy) is 2. The molecular weight excluding hydrogens is 701 g/mol. The minimum absolute atomic E-state index is 0.0165. The van der Waals surface area contributed by atoms with Gasteiger partial charge in [0.25, 0.3) is 0 Å². The first-order chi connectivity index (χ1) is 26.0. The quantitative estimate of drug-likeness (QED) is 0.0125. The SMILES string of the molecule is CCCCCCCCCC/C=C/CCCCCC(=O)O[C@H](COC(=O)/C=C/C=C/CCCCCCCCCCCCC)COP(=O)(O)OCC[N+](C)(C)C. The van der Waals surface area contributed by atoms with Crippen molar-refractivity contribution in [1.29, 1.82) is 0 Å². The van der Waals surface area contributed by atoms with Crippen LogP contribution >= 0.6 is 7.82 Å². The van der Waals surface area contributed by atoms with Gasteiger partial charge >= 0.3 is 19.8 Å². The van der Waals surface area contributed by atoms with Crippen molar-refractivity contribution in [2.45, 2.75) is 187 Å². The minimum Gasteiger partial charge on any atom is -0.458 e. The summed E-state index contributed by atoms with van der Waals surface area (Å²) in [5, 5.41) is 0. The van der Waals surface area contributed by atoms with Crippen molar-refractivity contribution in [3.8, 4) is 0 Å². The van der Waals surface area contributed by atoms with Crippen LogP contribution in [0.15, 0.2) is 36.5 Å². The fourth-order valence-corrected chi connectivity index (χ4v) is 6.55. The Morgan fingerprint density at radius 2 is 1.07 bits per heavy atom. The highest BCUT2D eigenvalue weighted by Gasteiger charge is 2.26. The van der Waals surface area contributed by atoms with Crippen LogP contribution in [0.4, 0.5) is 0 Å². The van der Waals surface area contributed by atoms with Gasteiger partial charge < -0.3 is 18.9 Å². The third-order valence-electron chi connectivity index (χ3n) is 9.25. The van der Waals surface area contributed by atoms with Crippen LogP contribution in [0.1, 0.15) is 181 Å². The highest BCUT2D eigenvalue weighted by atomic mass is 31.2. The Balaban J connectivity index is 4.49. The number of carbonyl (C=O) groups is 2. The van der Waals surface area contributed by atoms with Gasteiger partial charge in [-0.3, -0.25) is 13.8 Å². The van der Waals surface area contributed by atoms with Crippen LogP contribution in [0, 0.1) is 0 Å². The van der Waals surface area contributed by atoms with Crippen molar-refractivity contribution < 1.29 is 42.1 Å². The molecule has 1 unspecified atom stereocenters. The van der Waals surface area contributed by atoms with E-state index < -0.39 is 32.5 Å². The molecule has 0 aliphatic carbocycles. The van der Waals surface area contributed by atoms with Crippen LogP contribution in [0.5, 0.6) is 0 Å². The molecule has 1 N–H and O–H groups in total. The molecule has 0 spiro atoms. The van der Waals surface area contributed by atoms with E-state index in [1.54, 1.807) is 6.08 Å². The molecule has 0 aromatic rings. The number of phosphoric ester groups is 1. The van der Waals surface area contributed by atoms with E-state index in [-0.39, 0.29) is 19.6 Å². The summed E-state index contributed by atoms with van der Waals surface area (Å²) in [6, 6.07) is 0. The predicted octanol–water partition coefficient (Wildman–Crippen LogP) is 12.1. The van der Waals surface area contributed by atoms with Gasteiger partial charge in [-0.15, -0.1) is 0 Å². The number of hydrogen-bond acceptors (Lipinski definition) is 7. The van der Waals surface area contributed by atoms with E-state index in [2.05, 4.69) is 26.0 Å². The maximum Gasteiger partial charge on any atom is 0.472 e. The summed E-state index contributed by atoms with van der Waals surface area (Å²) < 4.78 is 34.1. The first kappa shape index (κ1) is 52.2. The van der Waals surface area contributed by atoms with Crippen LogP contribution < -0.4 is 0 Å². The molecule has 0 aliphatic rings. The molecule has 0 fully saturated rings. The summed E-state index contributed by atoms with van der Waals surface area (Å²) in [5.41, 5.74) is 0. The molecule has 0 rings (SSSR count). The molecule has 0 amide bonds. The lowest BCUT2D eigenvalue weighted by Crippen LogP contribution is -2.37. The highest BCUT2D eigenvalue weighted by Crippen LogP contribution is 2.43. The van der Waals surface area contributed by atoms with Crippen molar-refractivity contribution in [1.82, 2.24) is 0 Å². The van der Waals surface area contributed by atoms with E-state index in [1.165, 1.54) is 122 Å². The second kappa shape index (κ2) is 36.8. The number of unbranched alkanes of at least 4 members (excludes halogenated alkanes) is 22. The number of nitrogens with zero attached hydrogens (tertiary/aromatic N) is 1. The highest BCUT2D eigenvalue weighted by molar-refractivity contribution is 7.47. The smallest absolute Gasteiger partial charge is 0.458 e. The van der Waals surface area contributed by atoms with E-state index in [0.717, 1.165) is 38.5 Å². The fraction of sp³-hybridized carbons (Fsp3) is 0.818. The number of rotatable bonds is 39. The zero-order chi connectivity index (χ0) is 40.0. The third-order valence-corrected chi connectivity index (χ3v) is 10.2. The van der Waals surface area contributed by atoms with Gasteiger partial charge in [0.05, 0.1) is 27.7 Å². The van der Waals surface area contributed by atoms with Crippen LogP contribution in [0.25, 0.3) is 0 Å². The molecule has 0 saturated heterocycles. The normalized spacial score (nSPS) is 14.0. The fourth-order valence-electron chi connectivity index (χ4n) is 5.80. The molecule has 0 bridgehead atoms. The summed E-state index contributed by atoms with van der Waals surface area (Å²) in [5.74, 6) is -1.07. The number of hydrogen-bond donors (Lipinski definition) is 1. The largest absolute Gasteiger partial charge is 0.472 e. The third kappa shape index (κ3) is 39.9. The molecule has 0 aromatic heterocycles. The first-order valence-electron chi connectivity index (χ1n) is 21.8. The van der Waals surface area contributed by atoms with Gasteiger partial charge in [0, 0.05) is 12.5 Å². The molecule has 0 aliphatic heterocycles. The molecule has 0 saturated carbocycles. The van der Waals surface area contributed by atoms with Crippen molar-refractivity contribution in [2.24, 2.45) is 0 Å². The van der Waals surface area contributed by atoms with E-state index >= 15 is 0 Å². The Bertz CT molecular complexity index is 1020. The molecule has 0 radical (unpaired) electrons. The van der Waals surface area contributed by atoms with E-state index in [1.807, 2.05) is 33.3 Å². The minimum atomic E-state index is -4.39. The Morgan fingerprint density at radius 3 is 1.57 bits per heavy atom. The van der Waals surface area contributed by atoms with Gasteiger partial charge in [-0.2, -0.15) is 0 Å². The van der Waals surface area contributed by atoms with Crippen LogP contribution in [0.2, 0.25) is 0 Å². The summed E-state index contributed by atoms with van der Waals surface area (Å²) in [4.78, 5) is 35.2. The van der Waals surface area contributed by atoms with Gasteiger partial charge in [-0.05, 0) is 44.9 Å². The van der Waals surface area contributed by atoms with Gasteiger partial charge in [-0.1, -0.05) is 160 Å². The van der Waals surface area contributed by atoms with E-state index in [0.29, 0.717) is 17.4 Å². The number of allylic oxidation sites excluding steroid dienone is 5. The molecule has 10 heteroatoms. The van der Waals surface area contributed by atoms with Crippen LogP contribution in [-0.2, 0) is 32.7 Å². The lowest BCUT2D eigenvalue weighted by molar-refractivity contribution is -0.870. The maximum atomic E-state index is 12.6. The summed E-state index contributed by atoms with van der Waals surface area (Å²) in [6.07, 6.45) is 41.1.